The van der Waals surface area contributed by atoms with Crippen molar-refractivity contribution in [2.45, 2.75) is 35.6 Å². The molecule has 0 N–H and O–H groups in total. The third-order valence-corrected chi connectivity index (χ3v) is 6.46. The molecule has 18 heavy (non-hydrogen) atoms. The van der Waals surface area contributed by atoms with E-state index in [0.29, 0.717) is 6.42 Å². The quantitative estimate of drug-likeness (QED) is 0.592. The van der Waals surface area contributed by atoms with E-state index < -0.39 is 17.3 Å². The summed E-state index contributed by atoms with van der Waals surface area (Å²) in [5.74, 6) is -0.410. The first kappa shape index (κ1) is 12.9. The molecule has 0 aromatic rings. The van der Waals surface area contributed by atoms with Crippen molar-refractivity contribution in [3.05, 3.63) is 0 Å². The molecule has 0 radical (unpaired) electrons. The molecule has 2 saturated carbocycles. The second-order valence-corrected chi connectivity index (χ2v) is 6.88. The first-order valence-corrected chi connectivity index (χ1v) is 7.38. The van der Waals surface area contributed by atoms with Crippen molar-refractivity contribution in [1.82, 2.24) is 0 Å². The van der Waals surface area contributed by atoms with Crippen molar-refractivity contribution in [3.63, 3.8) is 0 Å². The molecule has 1 heterocycles. The molecular formula is C11H12ClF3O2S. The largest absolute Gasteiger partial charge is 0.461 e. The lowest BCUT2D eigenvalue weighted by Crippen LogP contribution is -2.36. The van der Waals surface area contributed by atoms with Gasteiger partial charge in [0, 0.05) is 17.0 Å². The second kappa shape index (κ2) is 4.20. The monoisotopic (exact) mass is 300 g/mol. The smallest absolute Gasteiger partial charge is 0.401 e. The zero-order chi connectivity index (χ0) is 13.1. The summed E-state index contributed by atoms with van der Waals surface area (Å²) in [5, 5.41) is -1.80. The molecule has 3 aliphatic rings. The van der Waals surface area contributed by atoms with Gasteiger partial charge in [0.2, 0.25) is 0 Å². The highest BCUT2D eigenvalue weighted by molar-refractivity contribution is 8.00. The number of alkyl halides is 4. The number of rotatable bonds is 3. The minimum atomic E-state index is -4.30. The maximum Gasteiger partial charge on any atom is 0.401 e. The zero-order valence-corrected chi connectivity index (χ0v) is 10.9. The van der Waals surface area contributed by atoms with Gasteiger partial charge in [0.15, 0.2) is 0 Å². The summed E-state index contributed by atoms with van der Waals surface area (Å²) >= 11 is 6.26. The van der Waals surface area contributed by atoms with Crippen LogP contribution in [0.25, 0.3) is 0 Å². The Kier molecular flexibility index (Phi) is 3.01. The van der Waals surface area contributed by atoms with E-state index in [2.05, 4.69) is 0 Å². The summed E-state index contributed by atoms with van der Waals surface area (Å²) in [4.78, 5) is 11.5. The van der Waals surface area contributed by atoms with E-state index in [0.717, 1.165) is 18.2 Å². The Morgan fingerprint density at radius 2 is 2.17 bits per heavy atom. The fraction of sp³-hybridized carbons (Fsp3) is 0.909. The molecule has 1 saturated heterocycles. The van der Waals surface area contributed by atoms with Gasteiger partial charge in [-0.05, 0) is 18.8 Å². The van der Waals surface area contributed by atoms with Gasteiger partial charge < -0.3 is 4.74 Å². The van der Waals surface area contributed by atoms with E-state index in [4.69, 9.17) is 16.3 Å². The molecular weight excluding hydrogens is 289 g/mol. The van der Waals surface area contributed by atoms with Gasteiger partial charge in [-0.3, -0.25) is 4.79 Å². The van der Waals surface area contributed by atoms with Gasteiger partial charge in [0.1, 0.15) is 11.4 Å². The SMILES string of the molecule is O=C1OC2C3CC(CC13)C2SC(CCl)C(F)(F)F. The molecule has 6 atom stereocenters. The van der Waals surface area contributed by atoms with E-state index in [1.165, 1.54) is 0 Å². The van der Waals surface area contributed by atoms with Crippen molar-refractivity contribution in [2.75, 3.05) is 5.88 Å². The Labute approximate surface area is 112 Å². The lowest BCUT2D eigenvalue weighted by molar-refractivity contribution is -0.143. The number of carbonyl (C=O) groups excluding carboxylic acids is 1. The number of hydrogen-bond donors (Lipinski definition) is 0. The molecule has 3 fully saturated rings. The normalized spacial score (nSPS) is 43.3. The average molecular weight is 301 g/mol. The molecule has 6 unspecified atom stereocenters. The Morgan fingerprint density at radius 1 is 1.44 bits per heavy atom. The van der Waals surface area contributed by atoms with Crippen LogP contribution in [0.3, 0.4) is 0 Å². The van der Waals surface area contributed by atoms with Crippen molar-refractivity contribution in [3.8, 4) is 0 Å². The van der Waals surface area contributed by atoms with Crippen LogP contribution < -0.4 is 0 Å². The number of fused-ring (bicyclic) bond motifs is 1. The van der Waals surface area contributed by atoms with Gasteiger partial charge in [0.05, 0.1) is 5.92 Å². The zero-order valence-electron chi connectivity index (χ0n) is 9.32. The summed E-state index contributed by atoms with van der Waals surface area (Å²) in [5.41, 5.74) is 0. The molecule has 102 valence electrons. The highest BCUT2D eigenvalue weighted by Gasteiger charge is 2.62. The van der Waals surface area contributed by atoms with Crippen LogP contribution in [0.4, 0.5) is 13.2 Å². The van der Waals surface area contributed by atoms with Gasteiger partial charge in [-0.2, -0.15) is 13.2 Å². The third kappa shape index (κ3) is 1.83. The van der Waals surface area contributed by atoms with Crippen LogP contribution in [-0.2, 0) is 9.53 Å². The molecule has 0 aromatic carbocycles. The van der Waals surface area contributed by atoms with Crippen LogP contribution in [0.15, 0.2) is 0 Å². The number of halogens is 4. The maximum atomic E-state index is 12.7. The number of hydrogen-bond acceptors (Lipinski definition) is 3. The fourth-order valence-electron chi connectivity index (χ4n) is 3.48. The molecule has 0 aromatic heterocycles. The van der Waals surface area contributed by atoms with Crippen molar-refractivity contribution >= 4 is 29.3 Å². The lowest BCUT2D eigenvalue weighted by atomic mass is 9.89. The molecule has 1 aliphatic heterocycles. The Balaban J connectivity index is 1.73. The van der Waals surface area contributed by atoms with Gasteiger partial charge in [-0.15, -0.1) is 23.4 Å². The number of ether oxygens (including phenoxy) is 1. The summed E-state index contributed by atoms with van der Waals surface area (Å²) in [6.07, 6.45) is -3.11. The topological polar surface area (TPSA) is 26.3 Å². The first-order valence-electron chi connectivity index (χ1n) is 5.90. The fourth-order valence-corrected chi connectivity index (χ4v) is 5.34. The highest BCUT2D eigenvalue weighted by atomic mass is 35.5. The predicted molar refractivity (Wildman–Crippen MR) is 61.5 cm³/mol. The summed E-state index contributed by atoms with van der Waals surface area (Å²) < 4.78 is 43.4. The van der Waals surface area contributed by atoms with Crippen LogP contribution in [0, 0.1) is 17.8 Å². The first-order chi connectivity index (χ1) is 8.41. The third-order valence-electron chi connectivity index (χ3n) is 4.24. The maximum absolute atomic E-state index is 12.7. The number of esters is 1. The summed E-state index contributed by atoms with van der Waals surface area (Å²) in [7, 11) is 0. The number of thioether (sulfide) groups is 1. The number of carbonyl (C=O) groups is 1. The van der Waals surface area contributed by atoms with Crippen molar-refractivity contribution in [1.29, 1.82) is 0 Å². The van der Waals surface area contributed by atoms with Crippen molar-refractivity contribution in [2.24, 2.45) is 17.8 Å². The minimum absolute atomic E-state index is 0.0582. The molecule has 2 nitrogen and oxygen atoms in total. The van der Waals surface area contributed by atoms with Gasteiger partial charge in [-0.25, -0.2) is 0 Å². The Bertz CT molecular complexity index is 376. The van der Waals surface area contributed by atoms with Crippen molar-refractivity contribution < 1.29 is 22.7 Å². The Morgan fingerprint density at radius 3 is 2.78 bits per heavy atom. The van der Waals surface area contributed by atoms with Crippen LogP contribution in [0.1, 0.15) is 12.8 Å². The Hall–Kier alpha value is -0.100. The van der Waals surface area contributed by atoms with E-state index >= 15 is 0 Å². The van der Waals surface area contributed by atoms with Crippen LogP contribution in [-0.4, -0.2) is 34.6 Å². The molecule has 3 rings (SSSR count). The minimum Gasteiger partial charge on any atom is -0.461 e. The summed E-state index contributed by atoms with van der Waals surface area (Å²) in [6.45, 7) is 0. The predicted octanol–water partition coefficient (Wildman–Crippen LogP) is 2.84. The molecule has 7 heteroatoms. The van der Waals surface area contributed by atoms with Gasteiger partial charge in [0.25, 0.3) is 0 Å². The van der Waals surface area contributed by atoms with E-state index in [-0.39, 0.29) is 35.1 Å². The van der Waals surface area contributed by atoms with E-state index in [9.17, 15) is 18.0 Å². The van der Waals surface area contributed by atoms with Crippen LogP contribution >= 0.6 is 23.4 Å². The molecule has 2 aliphatic carbocycles. The standard InChI is InChI=1S/C11H12ClF3O2S/c12-3-7(11(13,14)15)18-9-4-1-5-6(2-4)10(16)17-8(5)9/h4-9H,1-3H2. The van der Waals surface area contributed by atoms with E-state index in [1.807, 2.05) is 0 Å². The van der Waals surface area contributed by atoms with E-state index in [1.54, 1.807) is 0 Å². The molecule has 0 amide bonds. The average Bonchev–Trinajstić information content (AvgIpc) is 2.86. The van der Waals surface area contributed by atoms with Crippen LogP contribution in [0.2, 0.25) is 0 Å². The van der Waals surface area contributed by atoms with Gasteiger partial charge in [-0.1, -0.05) is 0 Å². The molecule has 0 spiro atoms. The summed E-state index contributed by atoms with van der Waals surface area (Å²) in [6, 6.07) is 0. The van der Waals surface area contributed by atoms with Crippen LogP contribution in [0.5, 0.6) is 0 Å². The van der Waals surface area contributed by atoms with Gasteiger partial charge >= 0.3 is 12.1 Å². The second-order valence-electron chi connectivity index (χ2n) is 5.19. The highest BCUT2D eigenvalue weighted by Crippen LogP contribution is 2.59. The molecule has 2 bridgehead atoms. The lowest BCUT2D eigenvalue weighted by Gasteiger charge is -2.28.